The van der Waals surface area contributed by atoms with E-state index in [1.54, 1.807) is 0 Å². The molecule has 0 radical (unpaired) electrons. The summed E-state index contributed by atoms with van der Waals surface area (Å²) in [5, 5.41) is 0. The van der Waals surface area contributed by atoms with E-state index in [1.807, 2.05) is 7.11 Å². The van der Waals surface area contributed by atoms with Gasteiger partial charge in [0.2, 0.25) is 0 Å². The first-order chi connectivity index (χ1) is 4.35. The molecule has 2 heteroatoms. The molecule has 56 valence electrons. The van der Waals surface area contributed by atoms with Gasteiger partial charge in [0.05, 0.1) is 0 Å². The first-order valence-corrected chi connectivity index (χ1v) is 7.08. The molecule has 0 heterocycles. The number of hydrogen-bond acceptors (Lipinski definition) is 1. The van der Waals surface area contributed by atoms with E-state index in [1.165, 1.54) is 19.3 Å². The SMILES string of the molecule is CCCCC(OC)[Te]C. The van der Waals surface area contributed by atoms with Crippen LogP contribution in [0.3, 0.4) is 0 Å². The van der Waals surface area contributed by atoms with E-state index in [0.717, 1.165) is 0 Å². The second kappa shape index (κ2) is 6.86. The van der Waals surface area contributed by atoms with Crippen molar-refractivity contribution in [3.63, 3.8) is 0 Å². The van der Waals surface area contributed by atoms with Crippen molar-refractivity contribution in [1.29, 1.82) is 0 Å². The quantitative estimate of drug-likeness (QED) is 0.671. The molecular formula is C7H16OTe. The van der Waals surface area contributed by atoms with E-state index in [9.17, 15) is 0 Å². The fourth-order valence-corrected chi connectivity index (χ4v) is 2.40. The average molecular weight is 244 g/mol. The fraction of sp³-hybridized carbons (Fsp3) is 1.00. The molecule has 0 aliphatic carbocycles. The van der Waals surface area contributed by atoms with Crippen molar-refractivity contribution >= 4 is 20.9 Å². The summed E-state index contributed by atoms with van der Waals surface area (Å²) < 4.78 is 5.89. The Hall–Kier alpha value is 0.750. The van der Waals surface area contributed by atoms with Crippen LogP contribution in [0.5, 0.6) is 0 Å². The zero-order valence-electron chi connectivity index (χ0n) is 6.52. The molecule has 0 aromatic heterocycles. The summed E-state index contributed by atoms with van der Waals surface area (Å²) in [6, 6.07) is 0. The standard InChI is InChI=1S/C7H16OTe/c1-4-5-6-7(8-2)9-3/h7H,4-6H2,1-3H3. The summed E-state index contributed by atoms with van der Waals surface area (Å²) in [7, 11) is 1.83. The summed E-state index contributed by atoms with van der Waals surface area (Å²) in [6.07, 6.45) is 3.91. The van der Waals surface area contributed by atoms with E-state index in [-0.39, 0.29) is 20.9 Å². The molecule has 0 aromatic rings. The number of ether oxygens (including phenoxy) is 1. The zero-order valence-corrected chi connectivity index (χ0v) is 8.85. The summed E-state index contributed by atoms with van der Waals surface area (Å²) in [4.78, 5) is 2.30. The Balaban J connectivity index is 3.09. The van der Waals surface area contributed by atoms with Crippen molar-refractivity contribution in [2.24, 2.45) is 0 Å². The van der Waals surface area contributed by atoms with Crippen LogP contribution < -0.4 is 0 Å². The Morgan fingerprint density at radius 3 is 2.56 bits per heavy atom. The van der Waals surface area contributed by atoms with Crippen LogP contribution in [-0.4, -0.2) is 32.2 Å². The van der Waals surface area contributed by atoms with Gasteiger partial charge in [-0.2, -0.15) is 0 Å². The van der Waals surface area contributed by atoms with Gasteiger partial charge in [-0.25, -0.2) is 0 Å². The Morgan fingerprint density at radius 2 is 2.22 bits per heavy atom. The van der Waals surface area contributed by atoms with Crippen LogP contribution in [0.4, 0.5) is 0 Å². The van der Waals surface area contributed by atoms with Gasteiger partial charge >= 0.3 is 68.1 Å². The molecule has 0 aliphatic heterocycles. The summed E-state index contributed by atoms with van der Waals surface area (Å²) in [6.45, 7) is 2.23. The van der Waals surface area contributed by atoms with Gasteiger partial charge in [0.25, 0.3) is 0 Å². The molecule has 1 atom stereocenters. The third-order valence-corrected chi connectivity index (χ3v) is 4.04. The topological polar surface area (TPSA) is 9.23 Å². The molecule has 0 bridgehead atoms. The predicted molar refractivity (Wildman–Crippen MR) is 41.9 cm³/mol. The van der Waals surface area contributed by atoms with Gasteiger partial charge in [0, 0.05) is 0 Å². The van der Waals surface area contributed by atoms with Crippen molar-refractivity contribution in [3.05, 3.63) is 0 Å². The van der Waals surface area contributed by atoms with Gasteiger partial charge < -0.3 is 0 Å². The van der Waals surface area contributed by atoms with Crippen LogP contribution in [0, 0.1) is 0 Å². The number of rotatable bonds is 5. The van der Waals surface area contributed by atoms with Crippen molar-refractivity contribution in [2.75, 3.05) is 7.11 Å². The van der Waals surface area contributed by atoms with Crippen LogP contribution in [0.1, 0.15) is 26.2 Å². The van der Waals surface area contributed by atoms with Crippen LogP contribution in [-0.2, 0) is 4.74 Å². The van der Waals surface area contributed by atoms with E-state index < -0.39 is 0 Å². The van der Waals surface area contributed by atoms with Crippen molar-refractivity contribution in [1.82, 2.24) is 0 Å². The van der Waals surface area contributed by atoms with Crippen molar-refractivity contribution < 1.29 is 4.74 Å². The molecule has 0 saturated heterocycles. The van der Waals surface area contributed by atoms with E-state index in [0.29, 0.717) is 4.15 Å². The molecule has 0 rings (SSSR count). The molecule has 0 aliphatic rings. The monoisotopic (exact) mass is 246 g/mol. The first-order valence-electron chi connectivity index (χ1n) is 3.40. The second-order valence-electron chi connectivity index (χ2n) is 2.04. The van der Waals surface area contributed by atoms with Crippen LogP contribution in [0.15, 0.2) is 0 Å². The normalized spacial score (nSPS) is 13.7. The van der Waals surface area contributed by atoms with Crippen molar-refractivity contribution in [3.8, 4) is 0 Å². The number of hydrogen-bond donors (Lipinski definition) is 0. The molecular weight excluding hydrogens is 228 g/mol. The molecule has 0 saturated carbocycles. The van der Waals surface area contributed by atoms with Crippen LogP contribution >= 0.6 is 0 Å². The molecule has 0 N–H and O–H groups in total. The fourth-order valence-electron chi connectivity index (χ4n) is 0.703. The summed E-state index contributed by atoms with van der Waals surface area (Å²) in [5.74, 6) is 0. The second-order valence-corrected chi connectivity index (χ2v) is 4.89. The molecule has 1 unspecified atom stereocenters. The number of methoxy groups -OCH3 is 1. The molecule has 9 heavy (non-hydrogen) atoms. The minimum absolute atomic E-state index is 0.154. The maximum atomic E-state index is 5.26. The predicted octanol–water partition coefficient (Wildman–Crippen LogP) is 1.90. The van der Waals surface area contributed by atoms with Gasteiger partial charge in [-0.3, -0.25) is 0 Å². The van der Waals surface area contributed by atoms with Gasteiger partial charge in [-0.1, -0.05) is 0 Å². The van der Waals surface area contributed by atoms with E-state index in [4.69, 9.17) is 4.74 Å². The third-order valence-electron chi connectivity index (χ3n) is 1.32. The molecule has 0 aromatic carbocycles. The molecule has 0 spiro atoms. The van der Waals surface area contributed by atoms with Crippen LogP contribution in [0.25, 0.3) is 0 Å². The average Bonchev–Trinajstić information content (AvgIpc) is 1.91. The Kier molecular flexibility index (Phi) is 7.44. The Morgan fingerprint density at radius 1 is 1.56 bits per heavy atom. The minimum atomic E-state index is 0.154. The molecule has 1 nitrogen and oxygen atoms in total. The van der Waals surface area contributed by atoms with Gasteiger partial charge in [0.1, 0.15) is 0 Å². The van der Waals surface area contributed by atoms with Gasteiger partial charge in [-0.15, -0.1) is 0 Å². The van der Waals surface area contributed by atoms with E-state index in [2.05, 4.69) is 11.9 Å². The Labute approximate surface area is 68.2 Å². The van der Waals surface area contributed by atoms with Gasteiger partial charge in [0.15, 0.2) is 0 Å². The molecule has 0 fully saturated rings. The zero-order chi connectivity index (χ0) is 7.11. The van der Waals surface area contributed by atoms with E-state index >= 15 is 0 Å². The molecule has 0 amide bonds. The third kappa shape index (κ3) is 5.21. The Bertz CT molecular complexity index is 52.9. The van der Waals surface area contributed by atoms with Crippen molar-refractivity contribution in [2.45, 2.75) is 35.3 Å². The first kappa shape index (κ1) is 9.75. The number of unbranched alkanes of at least 4 members (excludes halogenated alkanes) is 1. The summed E-state index contributed by atoms with van der Waals surface area (Å²) >= 11 is 0.154. The summed E-state index contributed by atoms with van der Waals surface area (Å²) in [5.41, 5.74) is 0. The van der Waals surface area contributed by atoms with Crippen LogP contribution in [0.2, 0.25) is 4.97 Å². The van der Waals surface area contributed by atoms with Gasteiger partial charge in [-0.05, 0) is 0 Å². The maximum absolute atomic E-state index is 5.26.